The Balaban J connectivity index is 1.55. The largest absolute Gasteiger partial charge is 0.493 e. The van der Waals surface area contributed by atoms with Gasteiger partial charge in [0.1, 0.15) is 5.00 Å². The predicted molar refractivity (Wildman–Crippen MR) is 126 cm³/mol. The number of ether oxygens (including phenoxy) is 5. The average Bonchev–Trinajstić information content (AvgIpc) is 3.41. The molecule has 1 aromatic carbocycles. The molecule has 0 bridgehead atoms. The van der Waals surface area contributed by atoms with E-state index in [2.05, 4.69) is 5.32 Å². The highest BCUT2D eigenvalue weighted by Crippen LogP contribution is 2.40. The van der Waals surface area contributed by atoms with E-state index in [1.165, 1.54) is 32.7 Å². The van der Waals surface area contributed by atoms with Crippen molar-refractivity contribution in [1.29, 1.82) is 0 Å². The molecule has 10 heteroatoms. The standard InChI is InChI=1S/C24H29NO8S/c1-5-32-24(28)21-15-7-6-8-18(15)34-23(21)25-19(26)13-33-20(27)10-9-14-11-16(29-2)22(31-4)17(12-14)30-3/h11-12H,5-10,13H2,1-4H3,(H,25,26). The summed E-state index contributed by atoms with van der Waals surface area (Å²) in [6.45, 7) is 1.54. The van der Waals surface area contributed by atoms with E-state index < -0.39 is 24.5 Å². The molecule has 0 aliphatic heterocycles. The Morgan fingerprint density at radius 3 is 2.32 bits per heavy atom. The fourth-order valence-corrected chi connectivity index (χ4v) is 5.11. The Hall–Kier alpha value is -3.27. The van der Waals surface area contributed by atoms with E-state index >= 15 is 0 Å². The van der Waals surface area contributed by atoms with Crippen LogP contribution in [0.1, 0.15) is 46.1 Å². The van der Waals surface area contributed by atoms with Crippen LogP contribution in [0.3, 0.4) is 0 Å². The van der Waals surface area contributed by atoms with Gasteiger partial charge >= 0.3 is 11.9 Å². The lowest BCUT2D eigenvalue weighted by Crippen LogP contribution is -2.22. The maximum atomic E-state index is 12.4. The van der Waals surface area contributed by atoms with Gasteiger partial charge in [-0.1, -0.05) is 0 Å². The summed E-state index contributed by atoms with van der Waals surface area (Å²) in [5.41, 5.74) is 2.16. The lowest BCUT2D eigenvalue weighted by molar-refractivity contribution is -0.147. The van der Waals surface area contributed by atoms with Crippen molar-refractivity contribution in [2.45, 2.75) is 39.0 Å². The van der Waals surface area contributed by atoms with Gasteiger partial charge in [-0.15, -0.1) is 11.3 Å². The molecule has 1 aliphatic rings. The van der Waals surface area contributed by atoms with Crippen LogP contribution >= 0.6 is 11.3 Å². The molecule has 0 saturated heterocycles. The number of thiophene rings is 1. The van der Waals surface area contributed by atoms with Gasteiger partial charge in [0.05, 0.1) is 33.5 Å². The van der Waals surface area contributed by atoms with Gasteiger partial charge < -0.3 is 29.0 Å². The zero-order valence-electron chi connectivity index (χ0n) is 19.8. The van der Waals surface area contributed by atoms with Crippen LogP contribution in [0.5, 0.6) is 17.2 Å². The third kappa shape index (κ3) is 5.80. The molecule has 1 heterocycles. The number of aryl methyl sites for hydroxylation is 2. The number of hydrogen-bond acceptors (Lipinski definition) is 9. The fourth-order valence-electron chi connectivity index (χ4n) is 3.82. The van der Waals surface area contributed by atoms with Gasteiger partial charge in [0.25, 0.3) is 5.91 Å². The van der Waals surface area contributed by atoms with E-state index in [-0.39, 0.29) is 13.0 Å². The van der Waals surface area contributed by atoms with E-state index in [1.807, 2.05) is 0 Å². The Bertz CT molecular complexity index is 1040. The zero-order valence-corrected chi connectivity index (χ0v) is 20.6. The number of nitrogens with one attached hydrogen (secondary N) is 1. The minimum atomic E-state index is -0.525. The third-order valence-corrected chi connectivity index (χ3v) is 6.57. The summed E-state index contributed by atoms with van der Waals surface area (Å²) in [5, 5.41) is 3.15. The van der Waals surface area contributed by atoms with Gasteiger partial charge in [0, 0.05) is 11.3 Å². The molecule has 1 amide bonds. The van der Waals surface area contributed by atoms with Crippen LogP contribution in [0.25, 0.3) is 0 Å². The van der Waals surface area contributed by atoms with E-state index in [9.17, 15) is 14.4 Å². The normalized spacial score (nSPS) is 12.0. The Labute approximate surface area is 202 Å². The number of rotatable bonds is 11. The van der Waals surface area contributed by atoms with Crippen molar-refractivity contribution in [1.82, 2.24) is 0 Å². The van der Waals surface area contributed by atoms with Gasteiger partial charge in [-0.05, 0) is 55.9 Å². The maximum absolute atomic E-state index is 12.4. The first-order valence-electron chi connectivity index (χ1n) is 11.0. The molecule has 0 spiro atoms. The molecule has 0 atom stereocenters. The number of benzene rings is 1. The van der Waals surface area contributed by atoms with Crippen molar-refractivity contribution >= 4 is 34.2 Å². The van der Waals surface area contributed by atoms with E-state index in [0.29, 0.717) is 34.2 Å². The van der Waals surface area contributed by atoms with Crippen LogP contribution in [0, 0.1) is 0 Å². The maximum Gasteiger partial charge on any atom is 0.341 e. The second-order valence-corrected chi connectivity index (χ2v) is 8.63. The molecule has 1 N–H and O–H groups in total. The topological polar surface area (TPSA) is 109 Å². The monoisotopic (exact) mass is 491 g/mol. The molecule has 0 unspecified atom stereocenters. The number of esters is 2. The van der Waals surface area contributed by atoms with Gasteiger partial charge in [0.2, 0.25) is 5.75 Å². The summed E-state index contributed by atoms with van der Waals surface area (Å²) < 4.78 is 26.2. The summed E-state index contributed by atoms with van der Waals surface area (Å²) in [6, 6.07) is 3.52. The summed E-state index contributed by atoms with van der Waals surface area (Å²) in [6.07, 6.45) is 3.06. The predicted octanol–water partition coefficient (Wildman–Crippen LogP) is 3.55. The molecular weight excluding hydrogens is 462 g/mol. The molecule has 0 radical (unpaired) electrons. The highest BCUT2D eigenvalue weighted by molar-refractivity contribution is 7.17. The molecule has 184 valence electrons. The number of hydrogen-bond donors (Lipinski definition) is 1. The number of amides is 1. The van der Waals surface area contributed by atoms with Crippen LogP contribution in [-0.2, 0) is 38.3 Å². The molecule has 34 heavy (non-hydrogen) atoms. The van der Waals surface area contributed by atoms with Crippen LogP contribution < -0.4 is 19.5 Å². The molecule has 1 aliphatic carbocycles. The van der Waals surface area contributed by atoms with E-state index in [4.69, 9.17) is 23.7 Å². The quantitative estimate of drug-likeness (QED) is 0.475. The Kier molecular flexibility index (Phi) is 8.75. The average molecular weight is 492 g/mol. The number of anilines is 1. The van der Waals surface area contributed by atoms with Gasteiger partial charge in [-0.25, -0.2) is 4.79 Å². The SMILES string of the molecule is CCOC(=O)c1c(NC(=O)COC(=O)CCc2cc(OC)c(OC)c(OC)c2)sc2c1CCC2. The summed E-state index contributed by atoms with van der Waals surface area (Å²) in [5.74, 6) is -0.0289. The second-order valence-electron chi connectivity index (χ2n) is 7.52. The number of methoxy groups -OCH3 is 3. The van der Waals surface area contributed by atoms with Crippen molar-refractivity contribution in [2.24, 2.45) is 0 Å². The highest BCUT2D eigenvalue weighted by atomic mass is 32.1. The van der Waals surface area contributed by atoms with Gasteiger partial charge in [0.15, 0.2) is 18.1 Å². The number of carbonyl (C=O) groups excluding carboxylic acids is 3. The number of carbonyl (C=O) groups is 3. The fraction of sp³-hybridized carbons (Fsp3) is 0.458. The van der Waals surface area contributed by atoms with Crippen molar-refractivity contribution in [3.63, 3.8) is 0 Å². The van der Waals surface area contributed by atoms with Crippen molar-refractivity contribution in [2.75, 3.05) is 39.9 Å². The van der Waals surface area contributed by atoms with Crippen molar-refractivity contribution in [3.05, 3.63) is 33.7 Å². The summed E-state index contributed by atoms with van der Waals surface area (Å²) in [4.78, 5) is 38.1. The zero-order chi connectivity index (χ0) is 24.7. The van der Waals surface area contributed by atoms with Gasteiger partial charge in [-0.3, -0.25) is 9.59 Å². The third-order valence-electron chi connectivity index (χ3n) is 5.36. The van der Waals surface area contributed by atoms with Gasteiger partial charge in [-0.2, -0.15) is 0 Å². The molecule has 1 aromatic heterocycles. The second kappa shape index (κ2) is 11.7. The first-order chi connectivity index (χ1) is 16.4. The first kappa shape index (κ1) is 25.4. The highest BCUT2D eigenvalue weighted by Gasteiger charge is 2.28. The molecule has 3 rings (SSSR count). The van der Waals surface area contributed by atoms with Crippen LogP contribution in [-0.4, -0.2) is 52.4 Å². The minimum Gasteiger partial charge on any atom is -0.493 e. The molecule has 9 nitrogen and oxygen atoms in total. The Morgan fingerprint density at radius 2 is 1.71 bits per heavy atom. The minimum absolute atomic E-state index is 0.0628. The molecule has 0 fully saturated rings. The van der Waals surface area contributed by atoms with E-state index in [1.54, 1.807) is 19.1 Å². The van der Waals surface area contributed by atoms with Crippen LogP contribution in [0.2, 0.25) is 0 Å². The smallest absolute Gasteiger partial charge is 0.341 e. The number of fused-ring (bicyclic) bond motifs is 1. The van der Waals surface area contributed by atoms with Crippen LogP contribution in [0.15, 0.2) is 12.1 Å². The van der Waals surface area contributed by atoms with Crippen molar-refractivity contribution < 1.29 is 38.1 Å². The molecule has 0 saturated carbocycles. The molecular formula is C24H29NO8S. The summed E-state index contributed by atoms with van der Waals surface area (Å²) in [7, 11) is 4.55. The molecule has 2 aromatic rings. The van der Waals surface area contributed by atoms with E-state index in [0.717, 1.165) is 35.3 Å². The lowest BCUT2D eigenvalue weighted by Gasteiger charge is -2.14. The lowest BCUT2D eigenvalue weighted by atomic mass is 10.1. The van der Waals surface area contributed by atoms with Crippen LogP contribution in [0.4, 0.5) is 5.00 Å². The Morgan fingerprint density at radius 1 is 1.00 bits per heavy atom. The first-order valence-corrected chi connectivity index (χ1v) is 11.8. The van der Waals surface area contributed by atoms with Crippen molar-refractivity contribution in [3.8, 4) is 17.2 Å². The summed E-state index contributed by atoms with van der Waals surface area (Å²) >= 11 is 1.38.